The molecule has 0 saturated carbocycles. The molecule has 8 heteroatoms. The topological polar surface area (TPSA) is 78.8 Å². The summed E-state index contributed by atoms with van der Waals surface area (Å²) in [5.41, 5.74) is 1.82. The average molecular weight is 404 g/mol. The van der Waals surface area contributed by atoms with E-state index < -0.39 is 10.0 Å². The summed E-state index contributed by atoms with van der Waals surface area (Å²) >= 11 is 1.64. The highest BCUT2D eigenvalue weighted by Gasteiger charge is 2.35. The maximum Gasteiger partial charge on any atom is 0.285 e. The third kappa shape index (κ3) is 3.51. The summed E-state index contributed by atoms with van der Waals surface area (Å²) in [6.45, 7) is 3.77. The van der Waals surface area contributed by atoms with Gasteiger partial charge in [0.05, 0.1) is 12.5 Å². The average Bonchev–Trinajstić information content (AvgIpc) is 3.20. The zero-order chi connectivity index (χ0) is 19.0. The predicted molar refractivity (Wildman–Crippen MR) is 105 cm³/mol. The van der Waals surface area contributed by atoms with Gasteiger partial charge in [0, 0.05) is 23.5 Å². The molecule has 3 heterocycles. The Hall–Kier alpha value is -2.19. The van der Waals surface area contributed by atoms with Crippen molar-refractivity contribution < 1.29 is 13.2 Å². The van der Waals surface area contributed by atoms with Gasteiger partial charge in [-0.25, -0.2) is 0 Å². The molecule has 142 valence electrons. The SMILES string of the molecule is Cc1ccsc1CNC(=O)C1CCCN(C2=NS(=O)(=O)c3ccccc32)C1. The summed E-state index contributed by atoms with van der Waals surface area (Å²) in [7, 11) is -3.64. The van der Waals surface area contributed by atoms with Gasteiger partial charge in [-0.05, 0) is 48.9 Å². The number of hydrogen-bond donors (Lipinski definition) is 1. The van der Waals surface area contributed by atoms with E-state index in [1.807, 2.05) is 29.3 Å². The van der Waals surface area contributed by atoms with Gasteiger partial charge >= 0.3 is 0 Å². The highest BCUT2D eigenvalue weighted by molar-refractivity contribution is 7.90. The number of amidine groups is 1. The first-order valence-electron chi connectivity index (χ1n) is 8.96. The fourth-order valence-corrected chi connectivity index (χ4v) is 5.67. The van der Waals surface area contributed by atoms with Crippen molar-refractivity contribution in [1.29, 1.82) is 0 Å². The molecule has 27 heavy (non-hydrogen) atoms. The number of fused-ring (bicyclic) bond motifs is 1. The normalized spacial score (nSPS) is 20.9. The van der Waals surface area contributed by atoms with Crippen LogP contribution in [0.25, 0.3) is 0 Å². The number of hydrogen-bond acceptors (Lipinski definition) is 5. The molecular weight excluding hydrogens is 382 g/mol. The molecule has 2 aliphatic rings. The van der Waals surface area contributed by atoms with E-state index in [2.05, 4.69) is 9.71 Å². The van der Waals surface area contributed by atoms with E-state index in [-0.39, 0.29) is 16.7 Å². The first-order chi connectivity index (χ1) is 13.0. The van der Waals surface area contributed by atoms with Gasteiger partial charge in [-0.1, -0.05) is 12.1 Å². The summed E-state index contributed by atoms with van der Waals surface area (Å²) in [6, 6.07) is 8.92. The number of nitrogens with zero attached hydrogens (tertiary/aromatic N) is 2. The van der Waals surface area contributed by atoms with Crippen molar-refractivity contribution in [2.75, 3.05) is 13.1 Å². The Balaban J connectivity index is 1.47. The minimum atomic E-state index is -3.64. The Labute approximate surface area is 163 Å². The van der Waals surface area contributed by atoms with Gasteiger partial charge in [-0.3, -0.25) is 4.79 Å². The van der Waals surface area contributed by atoms with Gasteiger partial charge in [0.25, 0.3) is 10.0 Å². The van der Waals surface area contributed by atoms with Gasteiger partial charge in [0.15, 0.2) is 5.84 Å². The van der Waals surface area contributed by atoms with Crippen LogP contribution >= 0.6 is 11.3 Å². The molecule has 1 unspecified atom stereocenters. The zero-order valence-corrected chi connectivity index (χ0v) is 16.6. The summed E-state index contributed by atoms with van der Waals surface area (Å²) in [4.78, 5) is 16.0. The Bertz CT molecular complexity index is 1010. The highest BCUT2D eigenvalue weighted by atomic mass is 32.2. The largest absolute Gasteiger partial charge is 0.355 e. The second-order valence-electron chi connectivity index (χ2n) is 6.92. The fourth-order valence-electron chi connectivity index (χ4n) is 3.60. The molecule has 4 rings (SSSR count). The number of thiophene rings is 1. The van der Waals surface area contributed by atoms with Crippen molar-refractivity contribution in [3.05, 3.63) is 51.7 Å². The van der Waals surface area contributed by atoms with Crippen LogP contribution < -0.4 is 5.32 Å². The van der Waals surface area contributed by atoms with Gasteiger partial charge in [-0.2, -0.15) is 8.42 Å². The van der Waals surface area contributed by atoms with Gasteiger partial charge < -0.3 is 10.2 Å². The number of piperidine rings is 1. The van der Waals surface area contributed by atoms with Crippen molar-refractivity contribution in [2.24, 2.45) is 10.3 Å². The molecule has 1 fully saturated rings. The Morgan fingerprint density at radius 3 is 2.93 bits per heavy atom. The highest BCUT2D eigenvalue weighted by Crippen LogP contribution is 2.29. The van der Waals surface area contributed by atoms with E-state index >= 15 is 0 Å². The monoisotopic (exact) mass is 403 g/mol. The van der Waals surface area contributed by atoms with Crippen LogP contribution in [0.2, 0.25) is 0 Å². The van der Waals surface area contributed by atoms with Crippen molar-refractivity contribution in [3.8, 4) is 0 Å². The molecule has 6 nitrogen and oxygen atoms in total. The Morgan fingerprint density at radius 1 is 1.33 bits per heavy atom. The van der Waals surface area contributed by atoms with Gasteiger partial charge in [0.1, 0.15) is 4.90 Å². The molecule has 1 N–H and O–H groups in total. The van der Waals surface area contributed by atoms with Crippen LogP contribution in [-0.2, 0) is 21.4 Å². The van der Waals surface area contributed by atoms with Gasteiger partial charge in [0.2, 0.25) is 5.91 Å². The molecule has 2 aromatic rings. The van der Waals surface area contributed by atoms with Crippen molar-refractivity contribution in [3.63, 3.8) is 0 Å². The number of benzene rings is 1. The van der Waals surface area contributed by atoms with E-state index in [1.54, 1.807) is 29.5 Å². The number of sulfonamides is 1. The summed E-state index contributed by atoms with van der Waals surface area (Å²) in [6.07, 6.45) is 1.63. The van der Waals surface area contributed by atoms with Crippen LogP contribution in [0.15, 0.2) is 45.0 Å². The number of amides is 1. The lowest BCUT2D eigenvalue weighted by atomic mass is 9.96. The first-order valence-corrected chi connectivity index (χ1v) is 11.3. The van der Waals surface area contributed by atoms with E-state index in [0.29, 0.717) is 31.0 Å². The van der Waals surface area contributed by atoms with E-state index in [1.165, 1.54) is 5.56 Å². The van der Waals surface area contributed by atoms with Crippen LogP contribution in [0.5, 0.6) is 0 Å². The molecule has 1 amide bonds. The number of aryl methyl sites for hydroxylation is 1. The zero-order valence-electron chi connectivity index (χ0n) is 15.0. The molecular formula is C19H21N3O3S2. The molecule has 1 atom stereocenters. The predicted octanol–water partition coefficient (Wildman–Crippen LogP) is 2.53. The van der Waals surface area contributed by atoms with Gasteiger partial charge in [-0.15, -0.1) is 15.7 Å². The number of nitrogens with one attached hydrogen (secondary N) is 1. The van der Waals surface area contributed by atoms with Crippen LogP contribution in [-0.4, -0.2) is 38.2 Å². The number of carbonyl (C=O) groups is 1. The summed E-state index contributed by atoms with van der Waals surface area (Å²) in [5, 5.41) is 5.05. The molecule has 2 aliphatic heterocycles. The molecule has 1 aromatic carbocycles. The molecule has 0 radical (unpaired) electrons. The van der Waals surface area contributed by atoms with Crippen molar-refractivity contribution >= 4 is 33.1 Å². The quantitative estimate of drug-likeness (QED) is 0.854. The fraction of sp³-hybridized carbons (Fsp3) is 0.368. The minimum absolute atomic E-state index is 0.0160. The molecule has 0 aliphatic carbocycles. The van der Waals surface area contributed by atoms with E-state index in [0.717, 1.165) is 17.7 Å². The second-order valence-corrected chi connectivity index (χ2v) is 9.49. The lowest BCUT2D eigenvalue weighted by Crippen LogP contribution is -2.45. The maximum absolute atomic E-state index is 12.6. The summed E-state index contributed by atoms with van der Waals surface area (Å²) < 4.78 is 28.6. The van der Waals surface area contributed by atoms with E-state index in [9.17, 15) is 13.2 Å². The van der Waals surface area contributed by atoms with Crippen LogP contribution in [0.4, 0.5) is 0 Å². The number of likely N-dealkylation sites (tertiary alicyclic amines) is 1. The van der Waals surface area contributed by atoms with Crippen LogP contribution in [0.1, 0.15) is 28.8 Å². The third-order valence-corrected chi connectivity index (χ3v) is 7.44. The lowest BCUT2D eigenvalue weighted by molar-refractivity contribution is -0.126. The smallest absolute Gasteiger partial charge is 0.285 e. The Morgan fingerprint density at radius 2 is 2.15 bits per heavy atom. The van der Waals surface area contributed by atoms with Crippen molar-refractivity contribution in [2.45, 2.75) is 31.2 Å². The molecule has 1 aromatic heterocycles. The van der Waals surface area contributed by atoms with Crippen LogP contribution in [0.3, 0.4) is 0 Å². The second kappa shape index (κ2) is 7.09. The number of carbonyl (C=O) groups excluding carboxylic acids is 1. The third-order valence-electron chi connectivity index (χ3n) is 5.10. The Kier molecular flexibility index (Phi) is 4.77. The standard InChI is InChI=1S/C19H21N3O3S2/c1-13-8-10-26-16(13)11-20-19(23)14-5-4-9-22(12-14)18-15-6-2-3-7-17(15)27(24,25)21-18/h2-3,6-8,10,14H,4-5,9,11-12H2,1H3,(H,20,23). The molecule has 0 spiro atoms. The van der Waals surface area contributed by atoms with E-state index in [4.69, 9.17) is 0 Å². The molecule has 1 saturated heterocycles. The number of rotatable bonds is 3. The first kappa shape index (κ1) is 18.2. The molecule has 0 bridgehead atoms. The van der Waals surface area contributed by atoms with Crippen molar-refractivity contribution in [1.82, 2.24) is 10.2 Å². The lowest BCUT2D eigenvalue weighted by Gasteiger charge is -2.33. The maximum atomic E-state index is 12.6. The van der Waals surface area contributed by atoms with Crippen LogP contribution in [0, 0.1) is 12.8 Å². The minimum Gasteiger partial charge on any atom is -0.355 e. The summed E-state index contributed by atoms with van der Waals surface area (Å²) in [5.74, 6) is 0.316.